The molecule has 0 aromatic heterocycles. The summed E-state index contributed by atoms with van der Waals surface area (Å²) in [5.74, 6) is -1.12. The molecule has 10 heteroatoms. The molecule has 0 bridgehead atoms. The summed E-state index contributed by atoms with van der Waals surface area (Å²) in [6, 6.07) is 17.4. The Morgan fingerprint density at radius 1 is 0.865 bits per heavy atom. The van der Waals surface area contributed by atoms with Gasteiger partial charge in [-0.15, -0.1) is 0 Å². The minimum atomic E-state index is -3.89. The first-order valence-electron chi connectivity index (χ1n) is 11.5. The van der Waals surface area contributed by atoms with Gasteiger partial charge in [-0.3, -0.25) is 4.79 Å². The van der Waals surface area contributed by atoms with Gasteiger partial charge in [0.1, 0.15) is 27.9 Å². The zero-order chi connectivity index (χ0) is 27.2. The van der Waals surface area contributed by atoms with Crippen LogP contribution >= 0.6 is 0 Å². The van der Waals surface area contributed by atoms with Gasteiger partial charge < -0.3 is 14.6 Å². The lowest BCUT2D eigenvalue weighted by atomic mass is 9.94. The van der Waals surface area contributed by atoms with Gasteiger partial charge in [-0.05, 0) is 90.6 Å². The summed E-state index contributed by atoms with van der Waals surface area (Å²) in [4.78, 5) is 10.7. The second kappa shape index (κ2) is 11.8. The van der Waals surface area contributed by atoms with Gasteiger partial charge in [-0.25, -0.2) is 16.8 Å². The molecule has 0 unspecified atom stereocenters. The molecule has 0 amide bonds. The zero-order valence-electron chi connectivity index (χ0n) is 20.9. The Morgan fingerprint density at radius 3 is 2.11 bits per heavy atom. The zero-order valence-corrected chi connectivity index (χ0v) is 22.6. The van der Waals surface area contributed by atoms with E-state index in [0.29, 0.717) is 24.5 Å². The van der Waals surface area contributed by atoms with Crippen LogP contribution in [0.4, 0.5) is 0 Å². The maximum absolute atomic E-state index is 12.0. The Labute approximate surface area is 217 Å². The van der Waals surface area contributed by atoms with Crippen molar-refractivity contribution in [2.75, 3.05) is 24.4 Å². The first-order valence-corrected chi connectivity index (χ1v) is 15.2. The average molecular weight is 547 g/mol. The maximum Gasteiger partial charge on any atom is 0.319 e. The number of aliphatic carboxylic acids is 1. The van der Waals surface area contributed by atoms with Gasteiger partial charge in [0.15, 0.2) is 15.6 Å². The lowest BCUT2D eigenvalue weighted by Crippen LogP contribution is -2.15. The molecule has 3 rings (SSSR count). The molecule has 198 valence electrons. The molecule has 37 heavy (non-hydrogen) atoms. The van der Waals surface area contributed by atoms with E-state index in [0.717, 1.165) is 27.8 Å². The second-order valence-corrected chi connectivity index (χ2v) is 13.1. The van der Waals surface area contributed by atoms with Crippen molar-refractivity contribution in [1.82, 2.24) is 0 Å². The monoisotopic (exact) mass is 546 g/mol. The van der Waals surface area contributed by atoms with Gasteiger partial charge in [0.2, 0.25) is 0 Å². The Bertz CT molecular complexity index is 1450. The van der Waals surface area contributed by atoms with Crippen LogP contribution in [-0.4, -0.2) is 52.3 Å². The molecular formula is C27H30O8S2. The average Bonchev–Trinajstić information content (AvgIpc) is 2.79. The molecule has 0 aliphatic carbocycles. The molecule has 0 radical (unpaired) electrons. The van der Waals surface area contributed by atoms with Crippen molar-refractivity contribution in [3.8, 4) is 22.6 Å². The van der Waals surface area contributed by atoms with E-state index in [9.17, 15) is 21.6 Å². The van der Waals surface area contributed by atoms with E-state index in [1.54, 1.807) is 0 Å². The predicted octanol–water partition coefficient (Wildman–Crippen LogP) is 4.22. The molecule has 0 aliphatic rings. The van der Waals surface area contributed by atoms with E-state index in [1.807, 2.05) is 50.2 Å². The standard InChI is InChI=1S/C27H30O8S2/c1-19-14-24(34-12-5-13-36(3,30)31)15-20(2)27(19)22-7-4-6-21(16-22)17-35-23-8-10-25(11-9-23)37(32,33)18-26(28)29/h4,6-11,14-16H,5,12-13,17-18H2,1-3H3,(H,28,29). The van der Waals surface area contributed by atoms with Crippen LogP contribution in [0.25, 0.3) is 11.1 Å². The minimum absolute atomic E-state index is 0.0713. The Hall–Kier alpha value is -3.37. The predicted molar refractivity (Wildman–Crippen MR) is 142 cm³/mol. The number of ether oxygens (including phenoxy) is 2. The van der Waals surface area contributed by atoms with Crippen molar-refractivity contribution in [3.05, 3.63) is 77.4 Å². The smallest absolute Gasteiger partial charge is 0.319 e. The molecule has 1 N–H and O–H groups in total. The SMILES string of the molecule is Cc1cc(OCCCS(C)(=O)=O)cc(C)c1-c1cccc(COc2ccc(S(=O)(=O)CC(=O)O)cc2)c1. The summed E-state index contributed by atoms with van der Waals surface area (Å²) in [6.45, 7) is 4.57. The summed E-state index contributed by atoms with van der Waals surface area (Å²) in [7, 11) is -6.90. The topological polar surface area (TPSA) is 124 Å². The van der Waals surface area contributed by atoms with E-state index in [2.05, 4.69) is 0 Å². The van der Waals surface area contributed by atoms with Crippen LogP contribution in [0.5, 0.6) is 11.5 Å². The fraction of sp³-hybridized carbons (Fsp3) is 0.296. The van der Waals surface area contributed by atoms with Gasteiger partial charge in [0.05, 0.1) is 17.3 Å². The number of aryl methyl sites for hydroxylation is 2. The first-order chi connectivity index (χ1) is 17.3. The van der Waals surface area contributed by atoms with Crippen LogP contribution in [0.1, 0.15) is 23.1 Å². The third-order valence-corrected chi connectivity index (χ3v) is 8.20. The molecule has 3 aromatic rings. The van der Waals surface area contributed by atoms with E-state index in [-0.39, 0.29) is 17.3 Å². The molecule has 0 saturated heterocycles. The van der Waals surface area contributed by atoms with Crippen molar-refractivity contribution in [2.24, 2.45) is 0 Å². The lowest BCUT2D eigenvalue weighted by molar-refractivity contribution is -0.134. The first kappa shape index (κ1) is 28.2. The summed E-state index contributed by atoms with van der Waals surface area (Å²) in [5, 5.41) is 8.77. The molecule has 0 fully saturated rings. The highest BCUT2D eigenvalue weighted by Crippen LogP contribution is 2.32. The normalized spacial score (nSPS) is 11.8. The summed E-state index contributed by atoms with van der Waals surface area (Å²) >= 11 is 0. The van der Waals surface area contributed by atoms with Crippen molar-refractivity contribution in [2.45, 2.75) is 31.8 Å². The summed E-state index contributed by atoms with van der Waals surface area (Å²) in [6.07, 6.45) is 1.64. The lowest BCUT2D eigenvalue weighted by Gasteiger charge is -2.15. The number of carboxylic acids is 1. The number of sulfone groups is 2. The molecule has 3 aromatic carbocycles. The molecule has 0 atom stereocenters. The van der Waals surface area contributed by atoms with E-state index in [4.69, 9.17) is 14.6 Å². The summed E-state index contributed by atoms with van der Waals surface area (Å²) in [5.41, 5.74) is 5.04. The van der Waals surface area contributed by atoms with Gasteiger partial charge in [-0.2, -0.15) is 0 Å². The van der Waals surface area contributed by atoms with E-state index >= 15 is 0 Å². The van der Waals surface area contributed by atoms with Crippen LogP contribution in [0.3, 0.4) is 0 Å². The van der Waals surface area contributed by atoms with Crippen molar-refractivity contribution < 1.29 is 36.2 Å². The quantitative estimate of drug-likeness (QED) is 0.335. The number of carboxylic acid groups (broad SMARTS) is 1. The highest BCUT2D eigenvalue weighted by Gasteiger charge is 2.18. The van der Waals surface area contributed by atoms with Gasteiger partial charge in [0, 0.05) is 6.26 Å². The van der Waals surface area contributed by atoms with E-state index in [1.165, 1.54) is 30.5 Å². The number of hydrogen-bond donors (Lipinski definition) is 1. The molecule has 0 saturated carbocycles. The number of hydrogen-bond acceptors (Lipinski definition) is 7. The largest absolute Gasteiger partial charge is 0.494 e. The van der Waals surface area contributed by atoms with Crippen LogP contribution in [0.15, 0.2) is 65.6 Å². The molecule has 0 spiro atoms. The fourth-order valence-electron chi connectivity index (χ4n) is 3.95. The maximum atomic E-state index is 12.0. The van der Waals surface area contributed by atoms with E-state index < -0.39 is 31.4 Å². The Kier molecular flexibility index (Phi) is 8.98. The third-order valence-electron chi connectivity index (χ3n) is 5.55. The van der Waals surface area contributed by atoms with Crippen LogP contribution in [0.2, 0.25) is 0 Å². The highest BCUT2D eigenvalue weighted by atomic mass is 32.2. The number of rotatable bonds is 12. The van der Waals surface area contributed by atoms with Gasteiger partial charge in [-0.1, -0.05) is 18.2 Å². The molecule has 0 heterocycles. The number of benzene rings is 3. The molecule has 0 aliphatic heterocycles. The van der Waals surface area contributed by atoms with Gasteiger partial charge in [0.25, 0.3) is 0 Å². The van der Waals surface area contributed by atoms with Crippen molar-refractivity contribution in [1.29, 1.82) is 0 Å². The molecular weight excluding hydrogens is 516 g/mol. The van der Waals surface area contributed by atoms with Crippen LogP contribution in [-0.2, 0) is 31.1 Å². The fourth-order valence-corrected chi connectivity index (χ4v) is 5.63. The number of carbonyl (C=O) groups is 1. The molecule has 8 nitrogen and oxygen atoms in total. The minimum Gasteiger partial charge on any atom is -0.494 e. The Balaban J connectivity index is 1.68. The van der Waals surface area contributed by atoms with Crippen molar-refractivity contribution >= 4 is 25.6 Å². The third kappa shape index (κ3) is 8.33. The highest BCUT2D eigenvalue weighted by molar-refractivity contribution is 7.92. The van der Waals surface area contributed by atoms with Gasteiger partial charge >= 0.3 is 5.97 Å². The van der Waals surface area contributed by atoms with Crippen molar-refractivity contribution in [3.63, 3.8) is 0 Å². The van der Waals surface area contributed by atoms with Crippen LogP contribution in [0, 0.1) is 13.8 Å². The Morgan fingerprint density at radius 2 is 1.51 bits per heavy atom. The van der Waals surface area contributed by atoms with Crippen LogP contribution < -0.4 is 9.47 Å². The second-order valence-electron chi connectivity index (χ2n) is 8.88. The summed E-state index contributed by atoms with van der Waals surface area (Å²) < 4.78 is 58.2.